The average molecular weight is 595 g/mol. The third kappa shape index (κ3) is 4.13. The smallest absolute Gasteiger partial charge is 0.307 e. The quantitative estimate of drug-likeness (QED) is 0.259. The van der Waals surface area contributed by atoms with Gasteiger partial charge in [0, 0.05) is 13.4 Å². The molecule has 0 spiro atoms. The van der Waals surface area contributed by atoms with Gasteiger partial charge in [-0.05, 0) is 81.1 Å². The molecule has 0 aliphatic carbocycles. The van der Waals surface area contributed by atoms with E-state index >= 15 is 0 Å². The number of carbonyl (C=O) groups excluding carboxylic acids is 1. The number of amides is 1. The van der Waals surface area contributed by atoms with Gasteiger partial charge in [-0.3, -0.25) is 4.79 Å². The number of hydrogen-bond donors (Lipinski definition) is 1. The summed E-state index contributed by atoms with van der Waals surface area (Å²) in [5.41, 5.74) is 4.09. The summed E-state index contributed by atoms with van der Waals surface area (Å²) in [5, 5.41) is 4.84. The number of benzene rings is 2. The SMILES string of the molecule is O=C(NN=Cc1cccc(I)c1)c1cc2cc(Br)cc(I)c2o1. The van der Waals surface area contributed by atoms with Crippen LogP contribution in [0.3, 0.4) is 0 Å². The van der Waals surface area contributed by atoms with Crippen molar-refractivity contribution in [2.45, 2.75) is 0 Å². The number of hydrazone groups is 1. The molecule has 1 N–H and O–H groups in total. The third-order valence-electron chi connectivity index (χ3n) is 2.99. The summed E-state index contributed by atoms with van der Waals surface area (Å²) in [7, 11) is 0. The predicted molar refractivity (Wildman–Crippen MR) is 111 cm³/mol. The molecule has 1 heterocycles. The van der Waals surface area contributed by atoms with Crippen LogP contribution in [0.2, 0.25) is 0 Å². The van der Waals surface area contributed by atoms with Crippen LogP contribution in [0.4, 0.5) is 0 Å². The van der Waals surface area contributed by atoms with E-state index in [9.17, 15) is 4.79 Å². The first-order chi connectivity index (χ1) is 11.0. The van der Waals surface area contributed by atoms with Crippen LogP contribution in [-0.2, 0) is 0 Å². The Morgan fingerprint density at radius 1 is 1.22 bits per heavy atom. The van der Waals surface area contributed by atoms with Gasteiger partial charge in [0.2, 0.25) is 0 Å². The first-order valence-corrected chi connectivity index (χ1v) is 9.45. The first kappa shape index (κ1) is 16.9. The van der Waals surface area contributed by atoms with E-state index in [4.69, 9.17) is 4.42 Å². The largest absolute Gasteiger partial charge is 0.450 e. The lowest BCUT2D eigenvalue weighted by Gasteiger charge is -1.96. The van der Waals surface area contributed by atoms with Crippen molar-refractivity contribution < 1.29 is 9.21 Å². The summed E-state index contributed by atoms with van der Waals surface area (Å²) in [6.45, 7) is 0. The van der Waals surface area contributed by atoms with Crippen molar-refractivity contribution in [1.82, 2.24) is 5.43 Å². The maximum absolute atomic E-state index is 12.1. The summed E-state index contributed by atoms with van der Waals surface area (Å²) in [6, 6.07) is 13.4. The molecule has 0 atom stereocenters. The lowest BCUT2D eigenvalue weighted by molar-refractivity contribution is 0.0929. The highest BCUT2D eigenvalue weighted by Gasteiger charge is 2.14. The van der Waals surface area contributed by atoms with Crippen LogP contribution in [0.25, 0.3) is 11.0 Å². The monoisotopic (exact) mass is 594 g/mol. The van der Waals surface area contributed by atoms with Crippen LogP contribution in [0.15, 0.2) is 56.5 Å². The fourth-order valence-electron chi connectivity index (χ4n) is 2.00. The second-order valence-electron chi connectivity index (χ2n) is 4.67. The molecule has 7 heteroatoms. The van der Waals surface area contributed by atoms with Gasteiger partial charge in [0.25, 0.3) is 0 Å². The number of halogens is 3. The van der Waals surface area contributed by atoms with E-state index in [0.717, 1.165) is 22.6 Å². The van der Waals surface area contributed by atoms with Crippen molar-refractivity contribution in [1.29, 1.82) is 0 Å². The van der Waals surface area contributed by atoms with Gasteiger partial charge >= 0.3 is 5.91 Å². The molecule has 0 aliphatic rings. The van der Waals surface area contributed by atoms with Crippen LogP contribution in [-0.4, -0.2) is 12.1 Å². The summed E-state index contributed by atoms with van der Waals surface area (Å²) in [4.78, 5) is 12.1. The highest BCUT2D eigenvalue weighted by Crippen LogP contribution is 2.28. The molecule has 0 fully saturated rings. The molecular weight excluding hydrogens is 586 g/mol. The van der Waals surface area contributed by atoms with Crippen molar-refractivity contribution in [3.8, 4) is 0 Å². The Morgan fingerprint density at radius 3 is 2.83 bits per heavy atom. The van der Waals surface area contributed by atoms with Crippen molar-refractivity contribution in [2.75, 3.05) is 0 Å². The number of nitrogens with one attached hydrogen (secondary N) is 1. The van der Waals surface area contributed by atoms with E-state index in [-0.39, 0.29) is 11.7 Å². The van der Waals surface area contributed by atoms with Crippen LogP contribution in [0.1, 0.15) is 16.1 Å². The number of rotatable bonds is 3. The van der Waals surface area contributed by atoms with E-state index in [1.54, 1.807) is 12.3 Å². The molecule has 0 unspecified atom stereocenters. The van der Waals surface area contributed by atoms with Gasteiger partial charge in [0.05, 0.1) is 9.78 Å². The molecule has 116 valence electrons. The molecule has 1 amide bonds. The van der Waals surface area contributed by atoms with Crippen LogP contribution >= 0.6 is 61.1 Å². The molecule has 0 saturated heterocycles. The third-order valence-corrected chi connectivity index (χ3v) is 4.92. The number of carbonyl (C=O) groups is 1. The van der Waals surface area contributed by atoms with Gasteiger partial charge in [-0.1, -0.05) is 28.1 Å². The van der Waals surface area contributed by atoms with Gasteiger partial charge in [0.15, 0.2) is 5.76 Å². The highest BCUT2D eigenvalue weighted by molar-refractivity contribution is 14.1. The molecule has 0 aliphatic heterocycles. The summed E-state index contributed by atoms with van der Waals surface area (Å²) in [6.07, 6.45) is 1.60. The van der Waals surface area contributed by atoms with Crippen LogP contribution in [0, 0.1) is 7.14 Å². The molecule has 3 aromatic rings. The Balaban J connectivity index is 1.77. The van der Waals surface area contributed by atoms with Crippen molar-refractivity contribution in [2.24, 2.45) is 5.10 Å². The zero-order valence-corrected chi connectivity index (χ0v) is 17.4. The minimum atomic E-state index is -0.380. The summed E-state index contributed by atoms with van der Waals surface area (Å²) in [5.74, 6) is -0.147. The van der Waals surface area contributed by atoms with Gasteiger partial charge < -0.3 is 4.42 Å². The second-order valence-corrected chi connectivity index (χ2v) is 7.99. The van der Waals surface area contributed by atoms with Gasteiger partial charge in [0.1, 0.15) is 5.58 Å². The second kappa shape index (κ2) is 7.31. The lowest BCUT2D eigenvalue weighted by atomic mass is 10.2. The zero-order chi connectivity index (χ0) is 16.4. The van der Waals surface area contributed by atoms with Gasteiger partial charge in [-0.15, -0.1) is 0 Å². The Bertz CT molecular complexity index is 922. The molecule has 4 nitrogen and oxygen atoms in total. The molecule has 23 heavy (non-hydrogen) atoms. The molecule has 2 aromatic carbocycles. The average Bonchev–Trinajstić information content (AvgIpc) is 2.91. The van der Waals surface area contributed by atoms with Gasteiger partial charge in [-0.25, -0.2) is 5.43 Å². The Morgan fingerprint density at radius 2 is 2.04 bits per heavy atom. The standard InChI is InChI=1S/C16H9BrI2N2O2/c17-11-5-10-6-14(23-15(10)13(19)7-11)16(22)21-20-8-9-2-1-3-12(18)4-9/h1-8H,(H,21,22). The predicted octanol–water partition coefficient (Wildman–Crippen LogP) is 5.17. The molecule has 0 radical (unpaired) electrons. The number of hydrogen-bond acceptors (Lipinski definition) is 3. The Hall–Kier alpha value is -0.940. The number of nitrogens with zero attached hydrogens (tertiary/aromatic N) is 1. The number of furan rings is 1. The fraction of sp³-hybridized carbons (Fsp3) is 0. The summed E-state index contributed by atoms with van der Waals surface area (Å²) < 4.78 is 8.61. The maximum Gasteiger partial charge on any atom is 0.307 e. The lowest BCUT2D eigenvalue weighted by Crippen LogP contribution is -2.16. The molecular formula is C16H9BrI2N2O2. The van der Waals surface area contributed by atoms with Crippen molar-refractivity contribution >= 4 is 84.2 Å². The minimum Gasteiger partial charge on any atom is -0.450 e. The molecule has 3 rings (SSSR count). The minimum absolute atomic E-state index is 0.232. The summed E-state index contributed by atoms with van der Waals surface area (Å²) >= 11 is 7.83. The molecule has 0 bridgehead atoms. The topological polar surface area (TPSA) is 54.6 Å². The van der Waals surface area contributed by atoms with E-state index < -0.39 is 0 Å². The Kier molecular flexibility index (Phi) is 5.37. The first-order valence-electron chi connectivity index (χ1n) is 6.50. The van der Waals surface area contributed by atoms with Crippen molar-refractivity contribution in [3.05, 3.63) is 65.4 Å². The Labute approximate surface area is 168 Å². The van der Waals surface area contributed by atoms with E-state index in [0.29, 0.717) is 5.58 Å². The maximum atomic E-state index is 12.1. The van der Waals surface area contributed by atoms with E-state index in [1.165, 1.54) is 0 Å². The van der Waals surface area contributed by atoms with E-state index in [1.807, 2.05) is 36.4 Å². The van der Waals surface area contributed by atoms with Crippen molar-refractivity contribution in [3.63, 3.8) is 0 Å². The highest BCUT2D eigenvalue weighted by atomic mass is 127. The molecule has 1 aromatic heterocycles. The molecule has 0 saturated carbocycles. The normalized spacial score (nSPS) is 11.3. The van der Waals surface area contributed by atoms with Gasteiger partial charge in [-0.2, -0.15) is 5.10 Å². The van der Waals surface area contributed by atoms with Crippen LogP contribution in [0.5, 0.6) is 0 Å². The number of fused-ring (bicyclic) bond motifs is 1. The van der Waals surface area contributed by atoms with E-state index in [2.05, 4.69) is 71.6 Å². The fourth-order valence-corrected chi connectivity index (χ4v) is 4.22. The zero-order valence-electron chi connectivity index (χ0n) is 11.5. The van der Waals surface area contributed by atoms with Crippen LogP contribution < -0.4 is 5.43 Å².